The van der Waals surface area contributed by atoms with E-state index in [9.17, 15) is 18.0 Å². The van der Waals surface area contributed by atoms with E-state index in [1.165, 1.54) is 0 Å². The number of carbonyl (C=O) groups excluding carboxylic acids is 1. The summed E-state index contributed by atoms with van der Waals surface area (Å²) in [4.78, 5) is 11.8. The van der Waals surface area contributed by atoms with E-state index < -0.39 is 23.9 Å². The first kappa shape index (κ1) is 17.7. The van der Waals surface area contributed by atoms with Gasteiger partial charge in [-0.3, -0.25) is 4.79 Å². The number of rotatable bonds is 8. The van der Waals surface area contributed by atoms with E-state index in [0.717, 1.165) is 25.7 Å². The molecule has 0 heterocycles. The van der Waals surface area contributed by atoms with Gasteiger partial charge in [-0.15, -0.1) is 9.24 Å². The van der Waals surface area contributed by atoms with Crippen LogP contribution < -0.4 is 0 Å². The van der Waals surface area contributed by atoms with Crippen LogP contribution in [0.1, 0.15) is 52.4 Å². The molecule has 2 atom stereocenters. The summed E-state index contributed by atoms with van der Waals surface area (Å²) in [6, 6.07) is 0. The molecule has 0 aromatic heterocycles. The number of ether oxygens (including phenoxy) is 1. The van der Waals surface area contributed by atoms with E-state index in [1.807, 2.05) is 13.8 Å². The van der Waals surface area contributed by atoms with Crippen molar-refractivity contribution >= 4 is 15.2 Å². The Hall–Kier alpha value is -0.310. The van der Waals surface area contributed by atoms with Gasteiger partial charge in [0.15, 0.2) is 6.61 Å². The zero-order chi connectivity index (χ0) is 14.2. The third-order valence-corrected chi connectivity index (χ3v) is 3.51. The minimum atomic E-state index is -4.46. The van der Waals surface area contributed by atoms with Crippen molar-refractivity contribution in [3.05, 3.63) is 0 Å². The van der Waals surface area contributed by atoms with Crippen LogP contribution >= 0.6 is 9.24 Å². The fraction of sp³-hybridized carbons (Fsp3) is 0.917. The van der Waals surface area contributed by atoms with Gasteiger partial charge in [0.2, 0.25) is 0 Å². The van der Waals surface area contributed by atoms with Crippen LogP contribution in [-0.2, 0) is 9.53 Å². The lowest BCUT2D eigenvalue weighted by Crippen LogP contribution is -2.36. The van der Waals surface area contributed by atoms with Crippen LogP contribution in [0, 0.1) is 0 Å². The lowest BCUT2D eigenvalue weighted by Gasteiger charge is -2.27. The molecular weight excluding hydrogens is 264 g/mol. The molecule has 2 unspecified atom stereocenters. The molecule has 0 rings (SSSR count). The molecule has 0 saturated carbocycles. The molecular formula is C12H22F3O2P. The molecule has 0 aromatic carbocycles. The van der Waals surface area contributed by atoms with Crippen molar-refractivity contribution in [2.45, 2.75) is 63.7 Å². The molecule has 0 aliphatic carbocycles. The van der Waals surface area contributed by atoms with Gasteiger partial charge >= 0.3 is 12.1 Å². The van der Waals surface area contributed by atoms with Gasteiger partial charge in [0.25, 0.3) is 0 Å². The third-order valence-electron chi connectivity index (χ3n) is 2.70. The molecule has 0 radical (unpaired) electrons. The van der Waals surface area contributed by atoms with E-state index in [2.05, 4.69) is 14.0 Å². The van der Waals surface area contributed by atoms with Gasteiger partial charge in [-0.2, -0.15) is 13.2 Å². The highest BCUT2D eigenvalue weighted by Gasteiger charge is 2.37. The first-order chi connectivity index (χ1) is 8.25. The molecule has 0 saturated heterocycles. The molecule has 0 N–H and O–H groups in total. The average molecular weight is 286 g/mol. The summed E-state index contributed by atoms with van der Waals surface area (Å²) in [5.74, 6) is -0.761. The SMILES string of the molecule is CCCCCC(P)(CCC)C(=O)OCC(F)(F)F. The first-order valence-electron chi connectivity index (χ1n) is 6.28. The van der Waals surface area contributed by atoms with Gasteiger partial charge in [-0.05, 0) is 12.8 Å². The molecule has 0 aromatic rings. The van der Waals surface area contributed by atoms with Gasteiger partial charge in [0, 0.05) is 0 Å². The van der Waals surface area contributed by atoms with E-state index in [1.54, 1.807) is 0 Å². The fourth-order valence-corrected chi connectivity index (χ4v) is 2.33. The summed E-state index contributed by atoms with van der Waals surface area (Å²) in [7, 11) is 2.40. The number of hydrogen-bond donors (Lipinski definition) is 0. The molecule has 0 aliphatic heterocycles. The van der Waals surface area contributed by atoms with Crippen molar-refractivity contribution in [1.82, 2.24) is 0 Å². The van der Waals surface area contributed by atoms with Crippen LogP contribution in [0.2, 0.25) is 0 Å². The summed E-state index contributed by atoms with van der Waals surface area (Å²) in [5.41, 5.74) is 0. The number of alkyl halides is 3. The molecule has 0 fully saturated rings. The van der Waals surface area contributed by atoms with Crippen LogP contribution in [0.4, 0.5) is 13.2 Å². The lowest BCUT2D eigenvalue weighted by atomic mass is 9.95. The maximum atomic E-state index is 12.0. The highest BCUT2D eigenvalue weighted by molar-refractivity contribution is 7.21. The summed E-state index contributed by atoms with van der Waals surface area (Å²) in [6.07, 6.45) is 0.139. The van der Waals surface area contributed by atoms with Crippen molar-refractivity contribution < 1.29 is 22.7 Å². The fourth-order valence-electron chi connectivity index (χ4n) is 1.76. The third kappa shape index (κ3) is 7.20. The van der Waals surface area contributed by atoms with Gasteiger partial charge in [-0.25, -0.2) is 0 Å². The quantitative estimate of drug-likeness (QED) is 0.382. The maximum absolute atomic E-state index is 12.0. The van der Waals surface area contributed by atoms with Gasteiger partial charge < -0.3 is 4.74 Å². The van der Waals surface area contributed by atoms with E-state index in [-0.39, 0.29) is 0 Å². The predicted octanol–water partition coefficient (Wildman–Crippen LogP) is 4.09. The van der Waals surface area contributed by atoms with Crippen molar-refractivity contribution in [3.8, 4) is 0 Å². The minimum Gasteiger partial charge on any atom is -0.455 e. The summed E-state index contributed by atoms with van der Waals surface area (Å²) in [6.45, 7) is 2.43. The Morgan fingerprint density at radius 3 is 2.17 bits per heavy atom. The Kier molecular flexibility index (Phi) is 7.84. The highest BCUT2D eigenvalue weighted by Crippen LogP contribution is 2.33. The minimum absolute atomic E-state index is 0.526. The standard InChI is InChI=1S/C12H22F3O2P/c1-3-5-6-8-11(18,7-4-2)10(16)17-9-12(13,14)15/h3-9,18H2,1-2H3. The number of unbranched alkanes of at least 4 members (excludes halogenated alkanes) is 2. The number of esters is 1. The number of carbonyl (C=O) groups is 1. The van der Waals surface area contributed by atoms with Crippen LogP contribution in [0.25, 0.3) is 0 Å². The van der Waals surface area contributed by atoms with E-state index in [0.29, 0.717) is 12.8 Å². The van der Waals surface area contributed by atoms with Crippen LogP contribution in [0.3, 0.4) is 0 Å². The summed E-state index contributed by atoms with van der Waals surface area (Å²) < 4.78 is 40.4. The smallest absolute Gasteiger partial charge is 0.422 e. The zero-order valence-electron chi connectivity index (χ0n) is 11.0. The van der Waals surface area contributed by atoms with Crippen molar-refractivity contribution in [1.29, 1.82) is 0 Å². The first-order valence-corrected chi connectivity index (χ1v) is 6.85. The maximum Gasteiger partial charge on any atom is 0.422 e. The highest BCUT2D eigenvalue weighted by atomic mass is 31.0. The second kappa shape index (κ2) is 7.98. The Bertz CT molecular complexity index is 256. The summed E-state index contributed by atoms with van der Waals surface area (Å²) in [5, 5.41) is -0.866. The van der Waals surface area contributed by atoms with Crippen LogP contribution in [0.15, 0.2) is 0 Å². The molecule has 108 valence electrons. The second-order valence-electron chi connectivity index (χ2n) is 4.55. The van der Waals surface area contributed by atoms with Gasteiger partial charge in [0.1, 0.15) is 0 Å². The molecule has 0 aliphatic rings. The molecule has 6 heteroatoms. The molecule has 2 nitrogen and oxygen atoms in total. The molecule has 0 bridgehead atoms. The Labute approximate surface area is 109 Å². The molecule has 0 spiro atoms. The summed E-state index contributed by atoms with van der Waals surface area (Å²) >= 11 is 0. The van der Waals surface area contributed by atoms with Crippen LogP contribution in [-0.4, -0.2) is 23.9 Å². The monoisotopic (exact) mass is 286 g/mol. The number of hydrogen-bond acceptors (Lipinski definition) is 2. The number of halogens is 3. The lowest BCUT2D eigenvalue weighted by molar-refractivity contribution is -0.188. The van der Waals surface area contributed by atoms with Crippen molar-refractivity contribution in [2.24, 2.45) is 0 Å². The van der Waals surface area contributed by atoms with E-state index in [4.69, 9.17) is 0 Å². The predicted molar refractivity (Wildman–Crippen MR) is 68.5 cm³/mol. The average Bonchev–Trinajstić information content (AvgIpc) is 2.25. The topological polar surface area (TPSA) is 26.3 Å². The van der Waals surface area contributed by atoms with Crippen LogP contribution in [0.5, 0.6) is 0 Å². The molecule has 18 heavy (non-hydrogen) atoms. The van der Waals surface area contributed by atoms with Crippen molar-refractivity contribution in [3.63, 3.8) is 0 Å². The zero-order valence-corrected chi connectivity index (χ0v) is 12.1. The Balaban J connectivity index is 4.41. The normalized spacial score (nSPS) is 15.2. The largest absolute Gasteiger partial charge is 0.455 e. The second-order valence-corrected chi connectivity index (χ2v) is 5.66. The van der Waals surface area contributed by atoms with Gasteiger partial charge in [0.05, 0.1) is 5.16 Å². The van der Waals surface area contributed by atoms with Crippen molar-refractivity contribution in [2.75, 3.05) is 6.61 Å². The Morgan fingerprint density at radius 2 is 1.72 bits per heavy atom. The van der Waals surface area contributed by atoms with E-state index >= 15 is 0 Å². The Morgan fingerprint density at radius 1 is 1.11 bits per heavy atom. The van der Waals surface area contributed by atoms with Gasteiger partial charge in [-0.1, -0.05) is 39.5 Å². The molecule has 0 amide bonds.